The van der Waals surface area contributed by atoms with E-state index in [9.17, 15) is 9.18 Å². The number of nitrogens with zero attached hydrogens (tertiary/aromatic N) is 1. The number of piperidine rings is 1. The van der Waals surface area contributed by atoms with Crippen molar-refractivity contribution in [3.05, 3.63) is 35.1 Å². The third-order valence-electron chi connectivity index (χ3n) is 3.49. The second-order valence-corrected chi connectivity index (χ2v) is 5.41. The third kappa shape index (κ3) is 3.10. The molecular weight excluding hydrogens is 263 g/mol. The van der Waals surface area contributed by atoms with E-state index in [1.165, 1.54) is 6.07 Å². The summed E-state index contributed by atoms with van der Waals surface area (Å²) in [5.74, 6) is -0.215. The normalized spacial score (nSPS) is 19.6. The second kappa shape index (κ2) is 5.65. The molecule has 1 aromatic carbocycles. The maximum absolute atomic E-state index is 13.8. The maximum atomic E-state index is 13.8. The molecule has 2 rings (SSSR count). The molecule has 2 N–H and O–H groups in total. The molecule has 0 bridgehead atoms. The number of rotatable bonds is 3. The summed E-state index contributed by atoms with van der Waals surface area (Å²) in [6.07, 6.45) is 1.87. The Morgan fingerprint density at radius 3 is 3.00 bits per heavy atom. The quantitative estimate of drug-likeness (QED) is 0.864. The fourth-order valence-electron chi connectivity index (χ4n) is 2.35. The average Bonchev–Trinajstić information content (AvgIpc) is 2.37. The number of hydrogen-bond donors (Lipinski definition) is 1. The minimum atomic E-state index is -0.328. The van der Waals surface area contributed by atoms with Gasteiger partial charge >= 0.3 is 0 Å². The van der Waals surface area contributed by atoms with Gasteiger partial charge in [0.25, 0.3) is 0 Å². The van der Waals surface area contributed by atoms with Gasteiger partial charge in [-0.05, 0) is 31.0 Å². The zero-order chi connectivity index (χ0) is 14.0. The molecule has 3 nitrogen and oxygen atoms in total. The molecule has 1 amide bonds. The van der Waals surface area contributed by atoms with Crippen LogP contribution in [-0.2, 0) is 11.3 Å². The molecule has 1 aliphatic rings. The van der Waals surface area contributed by atoms with Crippen LogP contribution in [0.2, 0.25) is 0 Å². The van der Waals surface area contributed by atoms with Crippen LogP contribution >= 0.6 is 12.2 Å². The molecule has 0 aliphatic carbocycles. The highest BCUT2D eigenvalue weighted by atomic mass is 32.1. The topological polar surface area (TPSA) is 46.3 Å². The molecule has 1 fully saturated rings. The van der Waals surface area contributed by atoms with Gasteiger partial charge in [-0.2, -0.15) is 0 Å². The Bertz CT molecular complexity index is 518. The number of likely N-dealkylation sites (tertiary alicyclic amines) is 1. The molecule has 1 unspecified atom stereocenters. The van der Waals surface area contributed by atoms with Gasteiger partial charge in [0, 0.05) is 30.1 Å². The Morgan fingerprint density at radius 2 is 2.32 bits per heavy atom. The van der Waals surface area contributed by atoms with Gasteiger partial charge in [-0.15, -0.1) is 0 Å². The molecule has 1 aromatic rings. The molecule has 0 radical (unpaired) electrons. The van der Waals surface area contributed by atoms with Gasteiger partial charge in [0.2, 0.25) is 5.91 Å². The van der Waals surface area contributed by atoms with Gasteiger partial charge < -0.3 is 10.6 Å². The van der Waals surface area contributed by atoms with Crippen molar-refractivity contribution in [2.75, 3.05) is 6.54 Å². The molecule has 1 saturated heterocycles. The predicted octanol–water partition coefficient (Wildman–Crippen LogP) is 2.22. The smallest absolute Gasteiger partial charge is 0.225 e. The number of carbonyl (C=O) groups is 1. The summed E-state index contributed by atoms with van der Waals surface area (Å²) in [5.41, 5.74) is 6.64. The molecule has 0 spiro atoms. The SMILES string of the molecule is CC1CCCN(Cc2cc(C(N)=S)ccc2F)C1=O. The summed E-state index contributed by atoms with van der Waals surface area (Å²) in [7, 11) is 0. The highest BCUT2D eigenvalue weighted by Gasteiger charge is 2.25. The zero-order valence-electron chi connectivity index (χ0n) is 10.9. The van der Waals surface area contributed by atoms with Crippen LogP contribution in [0, 0.1) is 11.7 Å². The number of nitrogens with two attached hydrogens (primary N) is 1. The summed E-state index contributed by atoms with van der Waals surface area (Å²) in [4.78, 5) is 14.0. The van der Waals surface area contributed by atoms with Crippen LogP contribution in [0.4, 0.5) is 4.39 Å². The second-order valence-electron chi connectivity index (χ2n) is 4.97. The minimum absolute atomic E-state index is 0.0237. The first-order valence-corrected chi connectivity index (χ1v) is 6.77. The standard InChI is InChI=1S/C14H17FN2OS/c1-9-3-2-6-17(14(9)18)8-11-7-10(13(16)19)4-5-12(11)15/h4-5,7,9H,2-3,6,8H2,1H3,(H2,16,19). The van der Waals surface area contributed by atoms with E-state index in [1.54, 1.807) is 17.0 Å². The van der Waals surface area contributed by atoms with Crippen LogP contribution in [0.15, 0.2) is 18.2 Å². The van der Waals surface area contributed by atoms with E-state index in [4.69, 9.17) is 18.0 Å². The first kappa shape index (κ1) is 13.9. The molecule has 0 aromatic heterocycles. The van der Waals surface area contributed by atoms with Gasteiger partial charge in [0.1, 0.15) is 10.8 Å². The lowest BCUT2D eigenvalue weighted by Gasteiger charge is -2.30. The Hall–Kier alpha value is -1.49. The fraction of sp³-hybridized carbons (Fsp3) is 0.429. The van der Waals surface area contributed by atoms with Crippen LogP contribution in [0.5, 0.6) is 0 Å². The van der Waals surface area contributed by atoms with Gasteiger partial charge in [-0.25, -0.2) is 4.39 Å². The largest absolute Gasteiger partial charge is 0.389 e. The minimum Gasteiger partial charge on any atom is -0.389 e. The van der Waals surface area contributed by atoms with E-state index < -0.39 is 0 Å². The summed E-state index contributed by atoms with van der Waals surface area (Å²) in [5, 5.41) is 0. The van der Waals surface area contributed by atoms with E-state index >= 15 is 0 Å². The van der Waals surface area contributed by atoms with E-state index in [-0.39, 0.29) is 29.2 Å². The van der Waals surface area contributed by atoms with Gasteiger partial charge in [-0.3, -0.25) is 4.79 Å². The molecule has 1 aliphatic heterocycles. The molecule has 5 heteroatoms. The van der Waals surface area contributed by atoms with Crippen molar-refractivity contribution in [3.63, 3.8) is 0 Å². The van der Waals surface area contributed by atoms with E-state index in [2.05, 4.69) is 0 Å². The summed E-state index contributed by atoms with van der Waals surface area (Å²) in [6, 6.07) is 4.54. The number of carbonyl (C=O) groups excluding carboxylic acids is 1. The molecule has 1 heterocycles. The van der Waals surface area contributed by atoms with Crippen molar-refractivity contribution < 1.29 is 9.18 Å². The molecule has 0 saturated carbocycles. The van der Waals surface area contributed by atoms with Crippen LogP contribution < -0.4 is 5.73 Å². The lowest BCUT2D eigenvalue weighted by molar-refractivity contribution is -0.138. The van der Waals surface area contributed by atoms with Crippen molar-refractivity contribution in [1.82, 2.24) is 4.90 Å². The van der Waals surface area contributed by atoms with Crippen LogP contribution in [0.1, 0.15) is 30.9 Å². The zero-order valence-corrected chi connectivity index (χ0v) is 11.7. The Labute approximate surface area is 117 Å². The van der Waals surface area contributed by atoms with Gasteiger partial charge in [0.05, 0.1) is 0 Å². The van der Waals surface area contributed by atoms with Crippen molar-refractivity contribution in [2.24, 2.45) is 11.7 Å². The first-order valence-electron chi connectivity index (χ1n) is 6.36. The summed E-state index contributed by atoms with van der Waals surface area (Å²) < 4.78 is 13.8. The molecule has 102 valence electrons. The van der Waals surface area contributed by atoms with E-state index in [0.29, 0.717) is 17.7 Å². The van der Waals surface area contributed by atoms with E-state index in [0.717, 1.165) is 12.8 Å². The fourth-order valence-corrected chi connectivity index (χ4v) is 2.47. The number of benzene rings is 1. The van der Waals surface area contributed by atoms with Gasteiger partial charge in [0.15, 0.2) is 0 Å². The average molecular weight is 280 g/mol. The Kier molecular flexibility index (Phi) is 4.14. The first-order chi connectivity index (χ1) is 8.99. The number of halogens is 1. The monoisotopic (exact) mass is 280 g/mol. The highest BCUT2D eigenvalue weighted by molar-refractivity contribution is 7.80. The molecule has 1 atom stereocenters. The van der Waals surface area contributed by atoms with Crippen molar-refractivity contribution >= 4 is 23.1 Å². The Morgan fingerprint density at radius 1 is 1.58 bits per heavy atom. The van der Waals surface area contributed by atoms with E-state index in [1.807, 2.05) is 6.92 Å². The van der Waals surface area contributed by atoms with Crippen molar-refractivity contribution in [1.29, 1.82) is 0 Å². The number of thiocarbonyl (C=S) groups is 1. The van der Waals surface area contributed by atoms with Crippen LogP contribution in [0.3, 0.4) is 0 Å². The number of amides is 1. The lowest BCUT2D eigenvalue weighted by Crippen LogP contribution is -2.39. The van der Waals surface area contributed by atoms with Crippen LogP contribution in [0.25, 0.3) is 0 Å². The van der Waals surface area contributed by atoms with Crippen molar-refractivity contribution in [3.8, 4) is 0 Å². The third-order valence-corrected chi connectivity index (χ3v) is 3.73. The predicted molar refractivity (Wildman–Crippen MR) is 76.1 cm³/mol. The Balaban J connectivity index is 2.20. The lowest BCUT2D eigenvalue weighted by atomic mass is 9.98. The maximum Gasteiger partial charge on any atom is 0.225 e. The highest BCUT2D eigenvalue weighted by Crippen LogP contribution is 2.21. The summed E-state index contributed by atoms with van der Waals surface area (Å²) >= 11 is 4.89. The van der Waals surface area contributed by atoms with Crippen molar-refractivity contribution in [2.45, 2.75) is 26.3 Å². The number of hydrogen-bond acceptors (Lipinski definition) is 2. The molecule has 19 heavy (non-hydrogen) atoms. The van der Waals surface area contributed by atoms with Crippen LogP contribution in [-0.4, -0.2) is 22.3 Å². The molecular formula is C14H17FN2OS. The van der Waals surface area contributed by atoms with Gasteiger partial charge in [-0.1, -0.05) is 19.1 Å². The summed E-state index contributed by atoms with van der Waals surface area (Å²) in [6.45, 7) is 2.88.